The maximum absolute atomic E-state index is 13.2. The van der Waals surface area contributed by atoms with Crippen molar-refractivity contribution in [1.29, 1.82) is 0 Å². The van der Waals surface area contributed by atoms with Crippen LogP contribution in [0.15, 0.2) is 60.9 Å². The third-order valence-corrected chi connectivity index (χ3v) is 4.76. The molecule has 0 bridgehead atoms. The highest BCUT2D eigenvalue weighted by Crippen LogP contribution is 2.27. The molecule has 0 aliphatic carbocycles. The molecule has 1 atom stereocenters. The van der Waals surface area contributed by atoms with E-state index in [4.69, 9.17) is 16.3 Å². The van der Waals surface area contributed by atoms with Gasteiger partial charge < -0.3 is 14.6 Å². The molecule has 1 amide bonds. The molecule has 0 saturated carbocycles. The van der Waals surface area contributed by atoms with E-state index in [0.717, 1.165) is 11.1 Å². The van der Waals surface area contributed by atoms with Crippen LogP contribution in [0.1, 0.15) is 22.0 Å². The summed E-state index contributed by atoms with van der Waals surface area (Å²) in [5, 5.41) is 0.685. The van der Waals surface area contributed by atoms with Crippen LogP contribution in [0, 0.1) is 0 Å². The lowest BCUT2D eigenvalue weighted by Crippen LogP contribution is -2.42. The highest BCUT2D eigenvalue weighted by Gasteiger charge is 2.27. The number of nitrogens with zero attached hydrogens (tertiary/aromatic N) is 2. The summed E-state index contributed by atoms with van der Waals surface area (Å²) in [6.45, 7) is 1.57. The van der Waals surface area contributed by atoms with Crippen molar-refractivity contribution in [3.05, 3.63) is 77.1 Å². The average Bonchev–Trinajstić information content (AvgIpc) is 3.23. The second-order valence-electron chi connectivity index (χ2n) is 6.15. The fourth-order valence-corrected chi connectivity index (χ4v) is 3.30. The number of H-pyrrole nitrogens is 1. The van der Waals surface area contributed by atoms with Crippen molar-refractivity contribution in [3.8, 4) is 11.4 Å². The first-order chi connectivity index (χ1) is 12.7. The lowest BCUT2D eigenvalue weighted by Gasteiger charge is -2.33. The highest BCUT2D eigenvalue weighted by atomic mass is 35.5. The quantitative estimate of drug-likeness (QED) is 0.762. The predicted octanol–water partition coefficient (Wildman–Crippen LogP) is 3.94. The number of ether oxygens (including phenoxy) is 1. The van der Waals surface area contributed by atoms with Gasteiger partial charge in [0.05, 0.1) is 18.7 Å². The molecule has 26 heavy (non-hydrogen) atoms. The summed E-state index contributed by atoms with van der Waals surface area (Å²) in [7, 11) is 0. The van der Waals surface area contributed by atoms with Gasteiger partial charge in [-0.15, -0.1) is 0 Å². The fraction of sp³-hybridized carbons (Fsp3) is 0.200. The molecule has 1 N–H and O–H groups in total. The van der Waals surface area contributed by atoms with Gasteiger partial charge in [-0.3, -0.25) is 4.79 Å². The molecule has 2 aromatic carbocycles. The molecule has 1 fully saturated rings. The van der Waals surface area contributed by atoms with Crippen LogP contribution in [0.25, 0.3) is 11.4 Å². The number of amides is 1. The predicted molar refractivity (Wildman–Crippen MR) is 100 cm³/mol. The van der Waals surface area contributed by atoms with Gasteiger partial charge in [0.2, 0.25) is 0 Å². The zero-order valence-corrected chi connectivity index (χ0v) is 14.8. The van der Waals surface area contributed by atoms with Crippen LogP contribution >= 0.6 is 11.6 Å². The van der Waals surface area contributed by atoms with E-state index in [-0.39, 0.29) is 12.0 Å². The second kappa shape index (κ2) is 7.32. The Hall–Kier alpha value is -2.63. The van der Waals surface area contributed by atoms with Crippen LogP contribution in [-0.4, -0.2) is 40.5 Å². The maximum Gasteiger partial charge on any atom is 0.254 e. The zero-order valence-electron chi connectivity index (χ0n) is 14.1. The Morgan fingerprint density at radius 3 is 2.77 bits per heavy atom. The van der Waals surface area contributed by atoms with Crippen molar-refractivity contribution in [2.45, 2.75) is 6.10 Å². The standard InChI is InChI=1S/C20H18ClN3O2/c21-15-7-5-14(6-8-15)18-13-24(11-12-26-18)20(25)17-4-2-1-3-16(17)19-22-9-10-23-19/h1-10,18H,11-13H2,(H,22,23)/t18-/m0/s1. The van der Waals surface area contributed by atoms with E-state index in [1.165, 1.54) is 0 Å². The number of carbonyl (C=O) groups excluding carboxylic acids is 1. The Morgan fingerprint density at radius 1 is 1.19 bits per heavy atom. The fourth-order valence-electron chi connectivity index (χ4n) is 3.17. The summed E-state index contributed by atoms with van der Waals surface area (Å²) in [5.74, 6) is 0.677. The van der Waals surface area contributed by atoms with Crippen molar-refractivity contribution >= 4 is 17.5 Å². The van der Waals surface area contributed by atoms with Gasteiger partial charge in [0.15, 0.2) is 0 Å². The van der Waals surface area contributed by atoms with Crippen LogP contribution in [0.3, 0.4) is 0 Å². The monoisotopic (exact) mass is 367 g/mol. The third-order valence-electron chi connectivity index (χ3n) is 4.51. The molecule has 0 spiro atoms. The number of carbonyl (C=O) groups is 1. The molecule has 3 aromatic rings. The number of hydrogen-bond donors (Lipinski definition) is 1. The number of benzene rings is 2. The van der Waals surface area contributed by atoms with Crippen molar-refractivity contribution in [3.63, 3.8) is 0 Å². The number of aromatic nitrogens is 2. The lowest BCUT2D eigenvalue weighted by atomic mass is 10.0. The van der Waals surface area contributed by atoms with E-state index in [0.29, 0.717) is 36.1 Å². The van der Waals surface area contributed by atoms with E-state index in [9.17, 15) is 4.79 Å². The highest BCUT2D eigenvalue weighted by molar-refractivity contribution is 6.30. The smallest absolute Gasteiger partial charge is 0.254 e. The van der Waals surface area contributed by atoms with Crippen molar-refractivity contribution in [1.82, 2.24) is 14.9 Å². The molecular weight excluding hydrogens is 350 g/mol. The van der Waals surface area contributed by atoms with Gasteiger partial charge in [-0.25, -0.2) is 4.98 Å². The van der Waals surface area contributed by atoms with Crippen LogP contribution in [0.5, 0.6) is 0 Å². The maximum atomic E-state index is 13.2. The molecule has 1 aliphatic heterocycles. The second-order valence-corrected chi connectivity index (χ2v) is 6.58. The Morgan fingerprint density at radius 2 is 2.00 bits per heavy atom. The molecule has 132 valence electrons. The van der Waals surface area contributed by atoms with Gasteiger partial charge in [-0.1, -0.05) is 41.9 Å². The Bertz CT molecular complexity index is 894. The molecule has 1 aromatic heterocycles. The summed E-state index contributed by atoms with van der Waals surface area (Å²) in [6, 6.07) is 15.1. The molecule has 0 radical (unpaired) electrons. The van der Waals surface area contributed by atoms with Crippen LogP contribution in [0.2, 0.25) is 5.02 Å². The van der Waals surface area contributed by atoms with Gasteiger partial charge in [0.1, 0.15) is 11.9 Å². The number of aromatic amines is 1. The average molecular weight is 368 g/mol. The summed E-state index contributed by atoms with van der Waals surface area (Å²) in [4.78, 5) is 22.3. The van der Waals surface area contributed by atoms with Crippen LogP contribution < -0.4 is 0 Å². The van der Waals surface area contributed by atoms with Gasteiger partial charge in [-0.05, 0) is 23.8 Å². The molecule has 0 unspecified atom stereocenters. The first-order valence-corrected chi connectivity index (χ1v) is 8.85. The van der Waals surface area contributed by atoms with Crippen LogP contribution in [0.4, 0.5) is 0 Å². The number of nitrogens with one attached hydrogen (secondary N) is 1. The number of hydrogen-bond acceptors (Lipinski definition) is 3. The molecule has 5 nitrogen and oxygen atoms in total. The normalized spacial score (nSPS) is 17.3. The van der Waals surface area contributed by atoms with E-state index in [1.54, 1.807) is 12.4 Å². The summed E-state index contributed by atoms with van der Waals surface area (Å²) < 4.78 is 5.87. The van der Waals surface area contributed by atoms with Gasteiger partial charge in [-0.2, -0.15) is 0 Å². The summed E-state index contributed by atoms with van der Waals surface area (Å²) >= 11 is 5.96. The number of halogens is 1. The first-order valence-electron chi connectivity index (χ1n) is 8.47. The molecule has 1 saturated heterocycles. The van der Waals surface area contributed by atoms with Crippen molar-refractivity contribution in [2.75, 3.05) is 19.7 Å². The van der Waals surface area contributed by atoms with Crippen molar-refractivity contribution in [2.24, 2.45) is 0 Å². The number of imidazole rings is 1. The van der Waals surface area contributed by atoms with Crippen LogP contribution in [-0.2, 0) is 4.74 Å². The van der Waals surface area contributed by atoms with E-state index < -0.39 is 0 Å². The molecule has 6 heteroatoms. The minimum absolute atomic E-state index is 0.0146. The number of morpholine rings is 1. The summed E-state index contributed by atoms with van der Waals surface area (Å²) in [6.07, 6.45) is 3.28. The first kappa shape index (κ1) is 16.8. The SMILES string of the molecule is O=C(c1ccccc1-c1ncc[nH]1)N1CCO[C@H](c2ccc(Cl)cc2)C1. The minimum Gasteiger partial charge on any atom is -0.370 e. The van der Waals surface area contributed by atoms with Gasteiger partial charge >= 0.3 is 0 Å². The molecular formula is C20H18ClN3O2. The Kier molecular flexibility index (Phi) is 4.73. The minimum atomic E-state index is -0.152. The van der Waals surface area contributed by atoms with E-state index in [1.807, 2.05) is 53.4 Å². The Balaban J connectivity index is 1.58. The largest absolute Gasteiger partial charge is 0.370 e. The lowest BCUT2D eigenvalue weighted by molar-refractivity contribution is -0.0228. The molecule has 2 heterocycles. The molecule has 1 aliphatic rings. The van der Waals surface area contributed by atoms with Gasteiger partial charge in [0, 0.05) is 29.5 Å². The number of rotatable bonds is 3. The topological polar surface area (TPSA) is 58.2 Å². The Labute approximate surface area is 156 Å². The van der Waals surface area contributed by atoms with Crippen molar-refractivity contribution < 1.29 is 9.53 Å². The zero-order chi connectivity index (χ0) is 17.9. The van der Waals surface area contributed by atoms with Gasteiger partial charge in [0.25, 0.3) is 5.91 Å². The van der Waals surface area contributed by atoms with E-state index >= 15 is 0 Å². The van der Waals surface area contributed by atoms with E-state index in [2.05, 4.69) is 9.97 Å². The summed E-state index contributed by atoms with van der Waals surface area (Å²) in [5.41, 5.74) is 2.46. The third kappa shape index (κ3) is 3.36. The molecule has 4 rings (SSSR count).